The topological polar surface area (TPSA) is 76.5 Å². The van der Waals surface area contributed by atoms with Gasteiger partial charge in [0.1, 0.15) is 28.2 Å². The third-order valence-corrected chi connectivity index (χ3v) is 6.96. The molecule has 0 aliphatic carbocycles. The zero-order valence-electron chi connectivity index (χ0n) is 18.6. The monoisotopic (exact) mass is 484 g/mol. The maximum absolute atomic E-state index is 15.7. The number of fused-ring (bicyclic) bond motifs is 2. The number of aryl methyl sites for hydroxylation is 1. The Hall–Kier alpha value is -3.37. The van der Waals surface area contributed by atoms with Gasteiger partial charge in [-0.1, -0.05) is 6.07 Å². The molecule has 0 amide bonds. The molecular weight excluding hydrogens is 462 g/mol. The Morgan fingerprint density at radius 2 is 2.18 bits per heavy atom. The number of halogens is 2. The molecule has 34 heavy (non-hydrogen) atoms. The van der Waals surface area contributed by atoms with E-state index in [-0.39, 0.29) is 45.8 Å². The van der Waals surface area contributed by atoms with Crippen LogP contribution in [-0.2, 0) is 11.8 Å². The number of anilines is 1. The predicted molar refractivity (Wildman–Crippen MR) is 128 cm³/mol. The van der Waals surface area contributed by atoms with E-state index in [0.717, 1.165) is 4.88 Å². The third-order valence-electron chi connectivity index (χ3n) is 5.98. The van der Waals surface area contributed by atoms with Crippen LogP contribution in [0.2, 0.25) is 0 Å². The van der Waals surface area contributed by atoms with Crippen molar-refractivity contribution in [3.63, 3.8) is 0 Å². The van der Waals surface area contributed by atoms with Gasteiger partial charge in [-0.25, -0.2) is 18.6 Å². The fourth-order valence-corrected chi connectivity index (χ4v) is 5.19. The maximum atomic E-state index is 15.7. The van der Waals surface area contributed by atoms with Gasteiger partial charge in [0.05, 0.1) is 18.0 Å². The number of nitrogens with one attached hydrogen (secondary N) is 1. The molecule has 4 heterocycles. The van der Waals surface area contributed by atoms with E-state index >= 15 is 8.78 Å². The standard InChI is InChI=1S/C24H22F2N4O3S/c1-3-33-24(32)15-11-29(2)23-14(22(15)31)9-13-10-16(25)21(19(26)20(13)28-23)30-7-6-27-17(12-30)18-5-4-8-34-18/h4-5,8-11,17,27H,3,6-7,12H2,1-2H3. The summed E-state index contributed by atoms with van der Waals surface area (Å²) in [6.07, 6.45) is 1.33. The number of aromatic nitrogens is 2. The minimum absolute atomic E-state index is 0.0325. The quantitative estimate of drug-likeness (QED) is 0.351. The first-order valence-corrected chi connectivity index (χ1v) is 11.8. The lowest BCUT2D eigenvalue weighted by molar-refractivity contribution is 0.0524. The number of nitrogens with zero attached hydrogens (tertiary/aromatic N) is 3. The molecule has 0 bridgehead atoms. The molecule has 1 unspecified atom stereocenters. The van der Waals surface area contributed by atoms with Crippen molar-refractivity contribution < 1.29 is 18.3 Å². The molecule has 0 spiro atoms. The summed E-state index contributed by atoms with van der Waals surface area (Å²) < 4.78 is 37.4. The number of carbonyl (C=O) groups is 1. The summed E-state index contributed by atoms with van der Waals surface area (Å²) in [5.74, 6) is -2.25. The number of carbonyl (C=O) groups excluding carboxylic acids is 1. The van der Waals surface area contributed by atoms with Gasteiger partial charge in [-0.05, 0) is 30.5 Å². The first-order chi connectivity index (χ1) is 16.4. The normalized spacial score (nSPS) is 16.4. The predicted octanol–water partition coefficient (Wildman–Crippen LogP) is 3.75. The number of benzene rings is 1. The van der Waals surface area contributed by atoms with Crippen molar-refractivity contribution >= 4 is 44.9 Å². The first kappa shape index (κ1) is 22.4. The molecule has 1 saturated heterocycles. The molecule has 176 valence electrons. The van der Waals surface area contributed by atoms with E-state index in [1.165, 1.54) is 22.9 Å². The number of esters is 1. The number of piperazine rings is 1. The molecule has 3 aromatic heterocycles. The third kappa shape index (κ3) is 3.72. The Kier molecular flexibility index (Phi) is 5.78. The van der Waals surface area contributed by atoms with Gasteiger partial charge >= 0.3 is 5.97 Å². The SMILES string of the molecule is CCOC(=O)c1cn(C)c2nc3c(F)c(N4CCNC(c5cccs5)C4)c(F)cc3cc2c1=O. The van der Waals surface area contributed by atoms with Crippen LogP contribution in [0.4, 0.5) is 14.5 Å². The number of rotatable bonds is 4. The number of ether oxygens (including phenoxy) is 1. The van der Waals surface area contributed by atoms with Crippen LogP contribution in [0, 0.1) is 11.6 Å². The molecule has 1 fully saturated rings. The maximum Gasteiger partial charge on any atom is 0.343 e. The molecule has 1 atom stereocenters. The highest BCUT2D eigenvalue weighted by Gasteiger charge is 2.28. The molecule has 0 radical (unpaired) electrons. The average Bonchev–Trinajstić information content (AvgIpc) is 3.36. The van der Waals surface area contributed by atoms with Gasteiger partial charge in [0.15, 0.2) is 5.82 Å². The lowest BCUT2D eigenvalue weighted by Gasteiger charge is -2.35. The summed E-state index contributed by atoms with van der Waals surface area (Å²) in [5.41, 5.74) is -0.717. The van der Waals surface area contributed by atoms with E-state index in [1.54, 1.807) is 30.2 Å². The molecule has 1 aliphatic rings. The van der Waals surface area contributed by atoms with Crippen molar-refractivity contribution in [1.82, 2.24) is 14.9 Å². The lowest BCUT2D eigenvalue weighted by Crippen LogP contribution is -2.46. The van der Waals surface area contributed by atoms with E-state index in [1.807, 2.05) is 17.5 Å². The van der Waals surface area contributed by atoms with E-state index in [0.29, 0.717) is 19.6 Å². The molecule has 5 rings (SSSR count). The smallest absolute Gasteiger partial charge is 0.343 e. The fourth-order valence-electron chi connectivity index (χ4n) is 4.40. The highest BCUT2D eigenvalue weighted by Crippen LogP contribution is 2.33. The van der Waals surface area contributed by atoms with Crippen LogP contribution in [0.5, 0.6) is 0 Å². The lowest BCUT2D eigenvalue weighted by atomic mass is 10.1. The van der Waals surface area contributed by atoms with Crippen molar-refractivity contribution in [3.05, 3.63) is 68.1 Å². The summed E-state index contributed by atoms with van der Waals surface area (Å²) in [5, 5.41) is 5.60. The van der Waals surface area contributed by atoms with Gasteiger partial charge in [0.2, 0.25) is 5.43 Å². The van der Waals surface area contributed by atoms with Crippen molar-refractivity contribution in [2.45, 2.75) is 13.0 Å². The number of hydrogen-bond donors (Lipinski definition) is 1. The average molecular weight is 485 g/mol. The summed E-state index contributed by atoms with van der Waals surface area (Å²) in [6.45, 7) is 3.19. The highest BCUT2D eigenvalue weighted by molar-refractivity contribution is 7.10. The Morgan fingerprint density at radius 1 is 1.35 bits per heavy atom. The molecule has 7 nitrogen and oxygen atoms in total. The Morgan fingerprint density at radius 3 is 2.91 bits per heavy atom. The molecule has 1 N–H and O–H groups in total. The van der Waals surface area contributed by atoms with Crippen molar-refractivity contribution in [1.29, 1.82) is 0 Å². The van der Waals surface area contributed by atoms with Crippen LogP contribution in [0.25, 0.3) is 21.9 Å². The molecule has 10 heteroatoms. The minimum atomic E-state index is -0.773. The Bertz CT molecular complexity index is 1470. The molecule has 0 saturated carbocycles. The number of pyridine rings is 2. The zero-order chi connectivity index (χ0) is 24.0. The van der Waals surface area contributed by atoms with E-state index in [4.69, 9.17) is 4.74 Å². The van der Waals surface area contributed by atoms with Crippen LogP contribution in [0.15, 0.2) is 40.6 Å². The van der Waals surface area contributed by atoms with Gasteiger partial charge in [0.25, 0.3) is 0 Å². The summed E-state index contributed by atoms with van der Waals surface area (Å²) >= 11 is 1.59. The highest BCUT2D eigenvalue weighted by atomic mass is 32.1. The largest absolute Gasteiger partial charge is 0.462 e. The zero-order valence-corrected chi connectivity index (χ0v) is 19.4. The van der Waals surface area contributed by atoms with Crippen LogP contribution in [0.1, 0.15) is 28.2 Å². The second-order valence-electron chi connectivity index (χ2n) is 8.12. The van der Waals surface area contributed by atoms with Crippen LogP contribution in [0.3, 0.4) is 0 Å². The molecule has 4 aromatic rings. The first-order valence-electron chi connectivity index (χ1n) is 10.9. The van der Waals surface area contributed by atoms with Crippen LogP contribution >= 0.6 is 11.3 Å². The van der Waals surface area contributed by atoms with E-state index in [9.17, 15) is 9.59 Å². The van der Waals surface area contributed by atoms with Gasteiger partial charge < -0.3 is 19.5 Å². The van der Waals surface area contributed by atoms with Crippen molar-refractivity contribution in [2.24, 2.45) is 7.05 Å². The molecule has 1 aromatic carbocycles. The van der Waals surface area contributed by atoms with Gasteiger partial charge in [0, 0.05) is 43.1 Å². The fraction of sp³-hybridized carbons (Fsp3) is 0.292. The molecular formula is C24H22F2N4O3S. The van der Waals surface area contributed by atoms with Crippen molar-refractivity contribution in [2.75, 3.05) is 31.1 Å². The van der Waals surface area contributed by atoms with Gasteiger partial charge in [-0.15, -0.1) is 11.3 Å². The second-order valence-corrected chi connectivity index (χ2v) is 9.10. The van der Waals surface area contributed by atoms with E-state index in [2.05, 4.69) is 10.3 Å². The van der Waals surface area contributed by atoms with Crippen LogP contribution in [-0.4, -0.2) is 41.8 Å². The van der Waals surface area contributed by atoms with Gasteiger partial charge in [-0.2, -0.15) is 0 Å². The van der Waals surface area contributed by atoms with Gasteiger partial charge in [-0.3, -0.25) is 4.79 Å². The summed E-state index contributed by atoms with van der Waals surface area (Å²) in [7, 11) is 1.60. The molecule has 1 aliphatic heterocycles. The summed E-state index contributed by atoms with van der Waals surface area (Å²) in [4.78, 5) is 32.3. The van der Waals surface area contributed by atoms with Crippen LogP contribution < -0.4 is 15.6 Å². The number of hydrogen-bond acceptors (Lipinski definition) is 7. The minimum Gasteiger partial charge on any atom is -0.462 e. The van der Waals surface area contributed by atoms with Crippen molar-refractivity contribution in [3.8, 4) is 0 Å². The Labute approximate surface area is 197 Å². The summed E-state index contributed by atoms with van der Waals surface area (Å²) in [6, 6.07) is 6.49. The Balaban J connectivity index is 1.63. The van der Waals surface area contributed by atoms with E-state index < -0.39 is 23.0 Å². The second kappa shape index (κ2) is 8.77. The number of thiophene rings is 1.